The standard InChI is InChI=1S/C19H19O2P/c1-3-9-15(10-4-1)18-19(16-11-5-2-6-12-16)21-22(20-18)17-13-7-8-14-17/h1-7,9-13,17-19H,8,14H2/t17-,18+,19+/m1/s1. The molecule has 2 aliphatic rings. The third-order valence-electron chi connectivity index (χ3n) is 4.22. The third-order valence-corrected chi connectivity index (χ3v) is 6.07. The third kappa shape index (κ3) is 2.75. The Morgan fingerprint density at radius 3 is 1.77 bits per heavy atom. The Kier molecular flexibility index (Phi) is 4.07. The van der Waals surface area contributed by atoms with Gasteiger partial charge in [-0.25, -0.2) is 0 Å². The molecule has 2 nitrogen and oxygen atoms in total. The van der Waals surface area contributed by atoms with E-state index in [1.165, 1.54) is 11.1 Å². The van der Waals surface area contributed by atoms with Gasteiger partial charge >= 0.3 is 0 Å². The molecular weight excluding hydrogens is 291 g/mol. The zero-order valence-electron chi connectivity index (χ0n) is 12.3. The molecule has 2 aromatic carbocycles. The summed E-state index contributed by atoms with van der Waals surface area (Å²) in [5.41, 5.74) is 2.83. The monoisotopic (exact) mass is 310 g/mol. The van der Waals surface area contributed by atoms with Crippen LogP contribution in [0.3, 0.4) is 0 Å². The van der Waals surface area contributed by atoms with E-state index in [-0.39, 0.29) is 12.2 Å². The lowest BCUT2D eigenvalue weighted by Crippen LogP contribution is -2.06. The van der Waals surface area contributed by atoms with E-state index >= 15 is 0 Å². The molecule has 1 aliphatic heterocycles. The van der Waals surface area contributed by atoms with Crippen molar-refractivity contribution >= 4 is 8.38 Å². The van der Waals surface area contributed by atoms with Crippen LogP contribution < -0.4 is 0 Å². The minimum atomic E-state index is -0.859. The number of hydrogen-bond acceptors (Lipinski definition) is 2. The van der Waals surface area contributed by atoms with Crippen molar-refractivity contribution in [3.05, 3.63) is 83.9 Å². The summed E-state index contributed by atoms with van der Waals surface area (Å²) in [6, 6.07) is 20.9. The van der Waals surface area contributed by atoms with Crippen LogP contribution in [0.4, 0.5) is 0 Å². The van der Waals surface area contributed by atoms with E-state index in [1.807, 2.05) is 12.1 Å². The molecule has 0 N–H and O–H groups in total. The van der Waals surface area contributed by atoms with Gasteiger partial charge < -0.3 is 9.05 Å². The van der Waals surface area contributed by atoms with Crippen molar-refractivity contribution < 1.29 is 9.05 Å². The fraction of sp³-hybridized carbons (Fsp3) is 0.263. The average Bonchev–Trinajstić information content (AvgIpc) is 3.26. The minimum absolute atomic E-state index is 0.0105. The molecule has 4 rings (SSSR count). The van der Waals surface area contributed by atoms with Crippen molar-refractivity contribution in [1.29, 1.82) is 0 Å². The van der Waals surface area contributed by atoms with Crippen LogP contribution in [-0.4, -0.2) is 5.66 Å². The van der Waals surface area contributed by atoms with Crippen LogP contribution in [0.1, 0.15) is 36.2 Å². The Morgan fingerprint density at radius 2 is 1.32 bits per heavy atom. The van der Waals surface area contributed by atoms with Crippen LogP contribution in [-0.2, 0) is 9.05 Å². The van der Waals surface area contributed by atoms with Crippen LogP contribution in [0.2, 0.25) is 0 Å². The largest absolute Gasteiger partial charge is 0.322 e. The molecule has 0 amide bonds. The second-order valence-corrected chi connectivity index (χ2v) is 7.39. The summed E-state index contributed by atoms with van der Waals surface area (Å²) in [6.45, 7) is 0. The predicted molar refractivity (Wildman–Crippen MR) is 89.6 cm³/mol. The molecule has 22 heavy (non-hydrogen) atoms. The molecule has 0 saturated carbocycles. The van der Waals surface area contributed by atoms with Gasteiger partial charge in [-0.15, -0.1) is 0 Å². The summed E-state index contributed by atoms with van der Waals surface area (Å²) in [5.74, 6) is 0. The lowest BCUT2D eigenvalue weighted by atomic mass is 9.99. The Bertz CT molecular complexity index is 593. The van der Waals surface area contributed by atoms with Gasteiger partial charge in [0.25, 0.3) is 0 Å². The molecule has 0 aromatic heterocycles. The summed E-state index contributed by atoms with van der Waals surface area (Å²) >= 11 is 0. The minimum Gasteiger partial charge on any atom is -0.322 e. The van der Waals surface area contributed by atoms with Gasteiger partial charge in [0.05, 0.1) is 0 Å². The second-order valence-electron chi connectivity index (χ2n) is 5.73. The van der Waals surface area contributed by atoms with Crippen LogP contribution in [0.5, 0.6) is 0 Å². The first-order valence-corrected chi connectivity index (χ1v) is 9.06. The molecule has 0 bridgehead atoms. The van der Waals surface area contributed by atoms with E-state index < -0.39 is 8.38 Å². The van der Waals surface area contributed by atoms with E-state index in [0.717, 1.165) is 12.8 Å². The van der Waals surface area contributed by atoms with Gasteiger partial charge in [-0.05, 0) is 24.0 Å². The Hall–Kier alpha value is -1.47. The highest BCUT2D eigenvalue weighted by Crippen LogP contribution is 2.63. The molecule has 0 spiro atoms. The molecule has 3 heteroatoms. The SMILES string of the molecule is C1=C[C@@H](P2O[C@@H](c3ccccc3)[C@H](c3ccccc3)O2)CC1. The number of hydrogen-bond donors (Lipinski definition) is 0. The zero-order valence-corrected chi connectivity index (χ0v) is 13.2. The maximum atomic E-state index is 6.39. The van der Waals surface area contributed by atoms with Gasteiger partial charge in [0.15, 0.2) is 8.38 Å². The van der Waals surface area contributed by atoms with E-state index in [4.69, 9.17) is 9.05 Å². The van der Waals surface area contributed by atoms with E-state index in [2.05, 4.69) is 60.7 Å². The quantitative estimate of drug-likeness (QED) is 0.547. The van der Waals surface area contributed by atoms with Gasteiger partial charge in [-0.2, -0.15) is 0 Å². The van der Waals surface area contributed by atoms with Crippen molar-refractivity contribution in [1.82, 2.24) is 0 Å². The molecule has 1 fully saturated rings. The summed E-state index contributed by atoms with van der Waals surface area (Å²) < 4.78 is 12.8. The van der Waals surface area contributed by atoms with E-state index in [9.17, 15) is 0 Å². The number of benzene rings is 2. The topological polar surface area (TPSA) is 18.5 Å². The first-order chi connectivity index (χ1) is 10.9. The van der Waals surface area contributed by atoms with Gasteiger partial charge in [-0.1, -0.05) is 72.8 Å². The van der Waals surface area contributed by atoms with Crippen LogP contribution in [0.25, 0.3) is 0 Å². The summed E-state index contributed by atoms with van der Waals surface area (Å²) in [6.07, 6.45) is 6.78. The number of rotatable bonds is 3. The molecule has 3 atom stereocenters. The summed E-state index contributed by atoms with van der Waals surface area (Å²) in [4.78, 5) is 0. The fourth-order valence-electron chi connectivity index (χ4n) is 3.06. The first kappa shape index (κ1) is 14.1. The van der Waals surface area contributed by atoms with Crippen LogP contribution in [0, 0.1) is 0 Å². The lowest BCUT2D eigenvalue weighted by molar-refractivity contribution is 0.159. The average molecular weight is 310 g/mol. The highest BCUT2D eigenvalue weighted by molar-refractivity contribution is 7.48. The van der Waals surface area contributed by atoms with Crippen molar-refractivity contribution in [3.8, 4) is 0 Å². The van der Waals surface area contributed by atoms with Crippen LogP contribution >= 0.6 is 8.38 Å². The number of allylic oxidation sites excluding steroid dienone is 2. The molecule has 0 radical (unpaired) electrons. The highest BCUT2D eigenvalue weighted by atomic mass is 31.2. The molecule has 112 valence electrons. The fourth-order valence-corrected chi connectivity index (χ4v) is 4.96. The Labute approximate surface area is 132 Å². The second kappa shape index (κ2) is 6.34. The molecule has 2 aromatic rings. The lowest BCUT2D eigenvalue weighted by Gasteiger charge is -2.16. The summed E-state index contributed by atoms with van der Waals surface area (Å²) in [5, 5.41) is 0. The first-order valence-electron chi connectivity index (χ1n) is 7.81. The van der Waals surface area contributed by atoms with Gasteiger partial charge in [0, 0.05) is 5.66 Å². The Morgan fingerprint density at radius 1 is 0.773 bits per heavy atom. The maximum absolute atomic E-state index is 6.39. The van der Waals surface area contributed by atoms with E-state index in [0.29, 0.717) is 5.66 Å². The van der Waals surface area contributed by atoms with E-state index in [1.54, 1.807) is 0 Å². The zero-order chi connectivity index (χ0) is 14.8. The van der Waals surface area contributed by atoms with Crippen molar-refractivity contribution in [3.63, 3.8) is 0 Å². The molecule has 1 aliphatic carbocycles. The normalized spacial score (nSPS) is 28.3. The van der Waals surface area contributed by atoms with Crippen molar-refractivity contribution in [2.45, 2.75) is 30.7 Å². The highest BCUT2D eigenvalue weighted by Gasteiger charge is 2.42. The van der Waals surface area contributed by atoms with Crippen molar-refractivity contribution in [2.24, 2.45) is 0 Å². The Balaban J connectivity index is 1.65. The molecule has 0 unspecified atom stereocenters. The molecule has 1 saturated heterocycles. The maximum Gasteiger partial charge on any atom is 0.179 e. The smallest absolute Gasteiger partial charge is 0.179 e. The van der Waals surface area contributed by atoms with Crippen molar-refractivity contribution in [2.75, 3.05) is 0 Å². The van der Waals surface area contributed by atoms with Crippen LogP contribution in [0.15, 0.2) is 72.8 Å². The van der Waals surface area contributed by atoms with Gasteiger partial charge in [-0.3, -0.25) is 0 Å². The predicted octanol–water partition coefficient (Wildman–Crippen LogP) is 5.55. The molecular formula is C19H19O2P. The van der Waals surface area contributed by atoms with Gasteiger partial charge in [0.1, 0.15) is 12.2 Å². The van der Waals surface area contributed by atoms with Gasteiger partial charge in [0.2, 0.25) is 0 Å². The molecule has 1 heterocycles. The summed E-state index contributed by atoms with van der Waals surface area (Å²) in [7, 11) is -0.859.